The summed E-state index contributed by atoms with van der Waals surface area (Å²) in [6.07, 6.45) is 0.307. The first-order chi connectivity index (χ1) is 14.9. The van der Waals surface area contributed by atoms with Gasteiger partial charge in [0.05, 0.1) is 19.4 Å². The van der Waals surface area contributed by atoms with Crippen LogP contribution in [-0.4, -0.2) is 39.6 Å². The maximum atomic E-state index is 12.6. The van der Waals surface area contributed by atoms with Crippen molar-refractivity contribution in [2.24, 2.45) is 5.92 Å². The summed E-state index contributed by atoms with van der Waals surface area (Å²) in [4.78, 5) is 12.6. The molecule has 0 unspecified atom stereocenters. The van der Waals surface area contributed by atoms with Gasteiger partial charge in [-0.25, -0.2) is 0 Å². The van der Waals surface area contributed by atoms with Gasteiger partial charge in [-0.2, -0.15) is 9.78 Å². The molecule has 0 bridgehead atoms. The molecular weight excluding hydrogens is 418 g/mol. The number of ether oxygens (including phenoxy) is 2. The number of rotatable bonds is 6. The van der Waals surface area contributed by atoms with Crippen LogP contribution in [0.3, 0.4) is 0 Å². The van der Waals surface area contributed by atoms with Gasteiger partial charge in [-0.15, -0.1) is 10.2 Å². The molecule has 0 spiro atoms. The molecule has 9 heteroatoms. The molecule has 4 rings (SSSR count). The van der Waals surface area contributed by atoms with Crippen LogP contribution in [0.2, 0.25) is 5.15 Å². The second kappa shape index (κ2) is 8.55. The minimum absolute atomic E-state index is 0.0963. The molecule has 0 saturated carbocycles. The summed E-state index contributed by atoms with van der Waals surface area (Å²) >= 11 is 5.86. The van der Waals surface area contributed by atoms with Crippen LogP contribution in [-0.2, 0) is 4.79 Å². The van der Waals surface area contributed by atoms with Gasteiger partial charge in [0.2, 0.25) is 5.91 Å². The van der Waals surface area contributed by atoms with Gasteiger partial charge in [0.25, 0.3) is 0 Å². The molecule has 3 aromatic rings. The molecule has 0 fully saturated rings. The summed E-state index contributed by atoms with van der Waals surface area (Å²) in [6.45, 7) is 6.67. The van der Waals surface area contributed by atoms with Gasteiger partial charge in [-0.1, -0.05) is 31.5 Å². The number of hydrogen-bond donors (Lipinski definition) is 1. The van der Waals surface area contributed by atoms with Crippen LogP contribution in [0.15, 0.2) is 30.3 Å². The van der Waals surface area contributed by atoms with E-state index < -0.39 is 0 Å². The monoisotopic (exact) mass is 441 g/mol. The molecule has 162 valence electrons. The minimum atomic E-state index is -0.176. The second-order valence-electron chi connectivity index (χ2n) is 7.89. The summed E-state index contributed by atoms with van der Waals surface area (Å²) in [7, 11) is 1.62. The second-order valence-corrected chi connectivity index (χ2v) is 8.28. The first-order valence-electron chi connectivity index (χ1n) is 10.1. The molecule has 0 aliphatic carbocycles. The molecule has 1 aromatic carbocycles. The van der Waals surface area contributed by atoms with Crippen molar-refractivity contribution < 1.29 is 14.3 Å². The molecule has 31 heavy (non-hydrogen) atoms. The quantitative estimate of drug-likeness (QED) is 0.618. The zero-order valence-corrected chi connectivity index (χ0v) is 18.6. The van der Waals surface area contributed by atoms with E-state index in [4.69, 9.17) is 21.1 Å². The average molecular weight is 442 g/mol. The molecule has 1 amide bonds. The van der Waals surface area contributed by atoms with Crippen molar-refractivity contribution in [3.63, 3.8) is 0 Å². The number of nitrogens with zero attached hydrogens (tertiary/aromatic N) is 4. The lowest BCUT2D eigenvalue weighted by molar-refractivity contribution is -0.116. The molecule has 1 aliphatic heterocycles. The van der Waals surface area contributed by atoms with E-state index in [1.807, 2.05) is 25.1 Å². The molecule has 1 atom stereocenters. The summed E-state index contributed by atoms with van der Waals surface area (Å²) in [6, 6.07) is 9.14. The number of nitrogens with one attached hydrogen (secondary N) is 1. The smallest absolute Gasteiger partial charge is 0.226 e. The molecular formula is C22H24ClN5O3. The third-order valence-electron chi connectivity index (χ3n) is 5.10. The van der Waals surface area contributed by atoms with E-state index in [1.54, 1.807) is 23.9 Å². The summed E-state index contributed by atoms with van der Waals surface area (Å²) in [5.41, 5.74) is 2.70. The largest absolute Gasteiger partial charge is 0.493 e. The number of carbonyl (C=O) groups excluding carboxylic acids is 1. The Morgan fingerprint density at radius 3 is 2.71 bits per heavy atom. The first kappa shape index (κ1) is 21.1. The van der Waals surface area contributed by atoms with Gasteiger partial charge in [0, 0.05) is 17.9 Å². The van der Waals surface area contributed by atoms with Crippen LogP contribution in [0.5, 0.6) is 11.5 Å². The van der Waals surface area contributed by atoms with Crippen molar-refractivity contribution in [1.82, 2.24) is 20.0 Å². The lowest BCUT2D eigenvalue weighted by Crippen LogP contribution is -2.25. The third kappa shape index (κ3) is 4.20. The zero-order valence-electron chi connectivity index (χ0n) is 17.8. The highest BCUT2D eigenvalue weighted by Gasteiger charge is 2.33. The van der Waals surface area contributed by atoms with Crippen molar-refractivity contribution in [3.05, 3.63) is 52.3 Å². The van der Waals surface area contributed by atoms with E-state index in [1.165, 1.54) is 0 Å². The van der Waals surface area contributed by atoms with Gasteiger partial charge in [-0.05, 0) is 42.7 Å². The Balaban J connectivity index is 1.77. The van der Waals surface area contributed by atoms with Gasteiger partial charge in [0.15, 0.2) is 22.5 Å². The van der Waals surface area contributed by atoms with Crippen LogP contribution in [0.4, 0.5) is 5.82 Å². The summed E-state index contributed by atoms with van der Waals surface area (Å²) in [5.74, 6) is 2.50. The fraction of sp³-hybridized carbons (Fsp3) is 0.364. The van der Waals surface area contributed by atoms with E-state index in [9.17, 15) is 4.79 Å². The zero-order chi connectivity index (χ0) is 22.1. The molecule has 1 aliphatic rings. The highest BCUT2D eigenvalue weighted by Crippen LogP contribution is 2.42. The lowest BCUT2D eigenvalue weighted by atomic mass is 9.85. The van der Waals surface area contributed by atoms with Crippen molar-refractivity contribution in [1.29, 1.82) is 0 Å². The van der Waals surface area contributed by atoms with E-state index >= 15 is 0 Å². The van der Waals surface area contributed by atoms with E-state index in [0.29, 0.717) is 42.1 Å². The maximum Gasteiger partial charge on any atom is 0.226 e. The number of hydrogen-bond acceptors (Lipinski definition) is 6. The molecule has 0 saturated heterocycles. The number of halogens is 1. The van der Waals surface area contributed by atoms with Crippen LogP contribution in [0, 0.1) is 12.8 Å². The van der Waals surface area contributed by atoms with Crippen molar-refractivity contribution in [2.75, 3.05) is 19.0 Å². The Hall–Kier alpha value is -3.13. The molecule has 3 heterocycles. The third-order valence-corrected chi connectivity index (χ3v) is 5.30. The van der Waals surface area contributed by atoms with Gasteiger partial charge in [-0.3, -0.25) is 4.79 Å². The van der Waals surface area contributed by atoms with Crippen LogP contribution in [0.1, 0.15) is 43.0 Å². The Labute approximate surface area is 185 Å². The summed E-state index contributed by atoms with van der Waals surface area (Å²) in [5, 5.41) is 15.8. The number of carbonyl (C=O) groups is 1. The van der Waals surface area contributed by atoms with E-state index in [-0.39, 0.29) is 17.0 Å². The van der Waals surface area contributed by atoms with Crippen LogP contribution >= 0.6 is 11.6 Å². The van der Waals surface area contributed by atoms with Gasteiger partial charge < -0.3 is 14.8 Å². The van der Waals surface area contributed by atoms with Crippen LogP contribution in [0.25, 0.3) is 5.82 Å². The van der Waals surface area contributed by atoms with E-state index in [0.717, 1.165) is 16.8 Å². The maximum absolute atomic E-state index is 12.6. The van der Waals surface area contributed by atoms with Crippen LogP contribution < -0.4 is 14.8 Å². The number of benzene rings is 1. The Morgan fingerprint density at radius 2 is 2.03 bits per heavy atom. The Kier molecular flexibility index (Phi) is 5.82. The number of aryl methyl sites for hydroxylation is 1. The Morgan fingerprint density at radius 1 is 1.23 bits per heavy atom. The SMILES string of the molecule is COc1ccc([C@H]2CC(=O)Nc3c2c(C)nn3-c2ccc(Cl)nn2)cc1OCC(C)C. The van der Waals surface area contributed by atoms with Gasteiger partial charge >= 0.3 is 0 Å². The number of anilines is 1. The Bertz CT molecular complexity index is 1110. The van der Waals surface area contributed by atoms with Crippen molar-refractivity contribution in [2.45, 2.75) is 33.1 Å². The standard InChI is InChI=1S/C22H24ClN5O3/c1-12(2)11-31-17-9-14(5-6-16(17)30-4)15-10-20(29)24-22-21(15)13(3)27-28(22)19-8-7-18(23)25-26-19/h5-9,12,15H,10-11H2,1-4H3,(H,24,29)/t15-/m1/s1. The topological polar surface area (TPSA) is 91.2 Å². The molecule has 1 N–H and O–H groups in total. The predicted molar refractivity (Wildman–Crippen MR) is 117 cm³/mol. The predicted octanol–water partition coefficient (Wildman–Crippen LogP) is 4.14. The number of amides is 1. The highest BCUT2D eigenvalue weighted by atomic mass is 35.5. The fourth-order valence-electron chi connectivity index (χ4n) is 3.70. The summed E-state index contributed by atoms with van der Waals surface area (Å²) < 4.78 is 13.0. The molecule has 8 nitrogen and oxygen atoms in total. The number of aromatic nitrogens is 4. The minimum Gasteiger partial charge on any atom is -0.493 e. The number of fused-ring (bicyclic) bond motifs is 1. The molecule has 2 aromatic heterocycles. The van der Waals surface area contributed by atoms with E-state index in [2.05, 4.69) is 34.5 Å². The van der Waals surface area contributed by atoms with Crippen molar-refractivity contribution in [3.8, 4) is 17.3 Å². The highest BCUT2D eigenvalue weighted by molar-refractivity contribution is 6.29. The fourth-order valence-corrected chi connectivity index (χ4v) is 3.80. The van der Waals surface area contributed by atoms with Gasteiger partial charge in [0.1, 0.15) is 5.82 Å². The lowest BCUT2D eigenvalue weighted by Gasteiger charge is -2.25. The van der Waals surface area contributed by atoms with Crippen molar-refractivity contribution >= 4 is 23.3 Å². The first-order valence-corrected chi connectivity index (χ1v) is 10.4. The molecule has 0 radical (unpaired) electrons. The average Bonchev–Trinajstić information content (AvgIpc) is 3.08. The number of methoxy groups -OCH3 is 1. The normalized spacial score (nSPS) is 15.5.